The van der Waals surface area contributed by atoms with Crippen molar-refractivity contribution in [1.82, 2.24) is 0 Å². The Kier molecular flexibility index (Phi) is 4.01. The molecule has 4 nitrogen and oxygen atoms in total. The fraction of sp³-hybridized carbons (Fsp3) is 0.200. The van der Waals surface area contributed by atoms with Crippen LogP contribution in [-0.2, 0) is 14.6 Å². The molecule has 21 heavy (non-hydrogen) atoms. The molecule has 1 aliphatic rings. The number of rotatable bonds is 5. The molecule has 0 radical (unpaired) electrons. The molecule has 2 aromatic rings. The van der Waals surface area contributed by atoms with Crippen molar-refractivity contribution >= 4 is 25.8 Å². The molecule has 1 unspecified atom stereocenters. The molecule has 110 valence electrons. The zero-order valence-electron chi connectivity index (χ0n) is 11.0. The number of halogens is 1. The Morgan fingerprint density at radius 3 is 2.52 bits per heavy atom. The maximum absolute atomic E-state index is 12.7. The highest BCUT2D eigenvalue weighted by Crippen LogP contribution is 2.36. The fourth-order valence-corrected chi connectivity index (χ4v) is 3.96. The van der Waals surface area contributed by atoms with Gasteiger partial charge in [0, 0.05) is 0 Å². The van der Waals surface area contributed by atoms with E-state index in [0.717, 1.165) is 0 Å². The van der Waals surface area contributed by atoms with Crippen molar-refractivity contribution in [3.63, 3.8) is 0 Å². The molecule has 0 N–H and O–H groups in total. The Morgan fingerprint density at radius 2 is 1.86 bits per heavy atom. The lowest BCUT2D eigenvalue weighted by Gasteiger charge is -2.13. The Hall–Kier alpha value is -1.37. The van der Waals surface area contributed by atoms with E-state index < -0.39 is 9.84 Å². The average Bonchev–Trinajstić information content (AvgIpc) is 3.31. The number of epoxide rings is 1. The minimum absolute atomic E-state index is 0.0596. The lowest BCUT2D eigenvalue weighted by atomic mass is 10.3. The van der Waals surface area contributed by atoms with Crippen molar-refractivity contribution in [1.29, 1.82) is 0 Å². The van der Waals surface area contributed by atoms with Crippen molar-refractivity contribution in [3.8, 4) is 5.75 Å². The van der Waals surface area contributed by atoms with Crippen molar-refractivity contribution in [2.24, 2.45) is 0 Å². The van der Waals surface area contributed by atoms with Crippen LogP contribution >= 0.6 is 15.9 Å². The van der Waals surface area contributed by atoms with Crippen LogP contribution in [0.4, 0.5) is 0 Å². The normalized spacial score (nSPS) is 17.5. The number of benzene rings is 2. The van der Waals surface area contributed by atoms with Gasteiger partial charge in [-0.15, -0.1) is 0 Å². The molecule has 0 saturated carbocycles. The summed E-state index contributed by atoms with van der Waals surface area (Å²) in [4.78, 5) is 0.402. The van der Waals surface area contributed by atoms with Gasteiger partial charge < -0.3 is 9.47 Å². The summed E-state index contributed by atoms with van der Waals surface area (Å²) in [6.07, 6.45) is 0.0596. The third-order valence-corrected chi connectivity index (χ3v) is 5.51. The second-order valence-electron chi connectivity index (χ2n) is 4.65. The molecule has 6 heteroatoms. The second kappa shape index (κ2) is 5.79. The van der Waals surface area contributed by atoms with E-state index in [1.54, 1.807) is 48.5 Å². The largest absolute Gasteiger partial charge is 0.488 e. The van der Waals surface area contributed by atoms with E-state index in [2.05, 4.69) is 15.9 Å². The maximum atomic E-state index is 12.7. The molecule has 1 heterocycles. The van der Waals surface area contributed by atoms with Crippen LogP contribution in [0.5, 0.6) is 5.75 Å². The van der Waals surface area contributed by atoms with E-state index in [9.17, 15) is 8.42 Å². The Balaban J connectivity index is 2.02. The Labute approximate surface area is 131 Å². The third kappa shape index (κ3) is 3.12. The first kappa shape index (κ1) is 14.6. The Bertz CT molecular complexity index is 740. The summed E-state index contributed by atoms with van der Waals surface area (Å²) in [6, 6.07) is 13.3. The van der Waals surface area contributed by atoms with E-state index in [-0.39, 0.29) is 15.9 Å². The predicted molar refractivity (Wildman–Crippen MR) is 81.3 cm³/mol. The minimum atomic E-state index is -3.62. The van der Waals surface area contributed by atoms with Crippen LogP contribution in [0.25, 0.3) is 0 Å². The van der Waals surface area contributed by atoms with Gasteiger partial charge in [-0.2, -0.15) is 0 Å². The lowest BCUT2D eigenvalue weighted by Crippen LogP contribution is -2.10. The molecule has 0 bridgehead atoms. The highest BCUT2D eigenvalue weighted by atomic mass is 79.9. The summed E-state index contributed by atoms with van der Waals surface area (Å²) in [5, 5.41) is 0. The highest BCUT2D eigenvalue weighted by molar-refractivity contribution is 9.10. The molecule has 3 rings (SSSR count). The van der Waals surface area contributed by atoms with Crippen LogP contribution in [0.15, 0.2) is 62.8 Å². The molecule has 0 amide bonds. The van der Waals surface area contributed by atoms with Crippen LogP contribution in [-0.4, -0.2) is 27.7 Å². The number of hydrogen-bond acceptors (Lipinski definition) is 4. The summed E-state index contributed by atoms with van der Waals surface area (Å²) < 4.78 is 36.8. The Morgan fingerprint density at radius 1 is 1.14 bits per heavy atom. The van der Waals surface area contributed by atoms with Gasteiger partial charge in [0.15, 0.2) is 5.75 Å². The predicted octanol–water partition coefficient (Wildman–Crippen LogP) is 3.06. The zero-order chi connectivity index (χ0) is 14.9. The molecule has 0 spiro atoms. The summed E-state index contributed by atoms with van der Waals surface area (Å²) in [5.41, 5.74) is 0. The molecule has 1 aliphatic heterocycles. The van der Waals surface area contributed by atoms with Crippen molar-refractivity contribution in [2.45, 2.75) is 15.9 Å². The number of sulfone groups is 1. The van der Waals surface area contributed by atoms with Gasteiger partial charge in [-0.1, -0.05) is 24.3 Å². The second-order valence-corrected chi connectivity index (χ2v) is 7.42. The minimum Gasteiger partial charge on any atom is -0.488 e. The molecule has 0 aromatic heterocycles. The topological polar surface area (TPSA) is 55.9 Å². The molecule has 1 atom stereocenters. The first-order valence-corrected chi connectivity index (χ1v) is 8.70. The molecule has 1 saturated heterocycles. The van der Waals surface area contributed by atoms with Crippen LogP contribution in [0, 0.1) is 0 Å². The van der Waals surface area contributed by atoms with Crippen molar-refractivity contribution in [2.75, 3.05) is 13.2 Å². The first-order valence-electron chi connectivity index (χ1n) is 6.42. The zero-order valence-corrected chi connectivity index (χ0v) is 13.4. The summed E-state index contributed by atoms with van der Waals surface area (Å²) >= 11 is 3.35. The van der Waals surface area contributed by atoms with Crippen LogP contribution in [0.3, 0.4) is 0 Å². The standard InChI is InChI=1S/C15H13BrO4S/c16-13-7-4-8-14(15(13)20-10-11-9-19-11)21(17,18)12-5-2-1-3-6-12/h1-8,11H,9-10H2. The van der Waals surface area contributed by atoms with Gasteiger partial charge in [0.2, 0.25) is 9.84 Å². The van der Waals surface area contributed by atoms with Gasteiger partial charge in [-0.3, -0.25) is 0 Å². The first-order chi connectivity index (χ1) is 10.1. The number of hydrogen-bond donors (Lipinski definition) is 0. The summed E-state index contributed by atoms with van der Waals surface area (Å²) in [5.74, 6) is 0.330. The van der Waals surface area contributed by atoms with Crippen LogP contribution in [0.2, 0.25) is 0 Å². The number of ether oxygens (including phenoxy) is 2. The molecule has 1 fully saturated rings. The molecular weight excluding hydrogens is 356 g/mol. The van der Waals surface area contributed by atoms with Crippen LogP contribution < -0.4 is 4.74 Å². The third-order valence-electron chi connectivity index (χ3n) is 3.09. The highest BCUT2D eigenvalue weighted by Gasteiger charge is 2.27. The van der Waals surface area contributed by atoms with E-state index in [1.807, 2.05) is 0 Å². The van der Waals surface area contributed by atoms with E-state index in [4.69, 9.17) is 9.47 Å². The lowest BCUT2D eigenvalue weighted by molar-refractivity contribution is 0.256. The molecule has 0 aliphatic carbocycles. The SMILES string of the molecule is O=S(=O)(c1ccccc1)c1cccc(Br)c1OCC1CO1. The van der Waals surface area contributed by atoms with Gasteiger partial charge in [0.25, 0.3) is 0 Å². The monoisotopic (exact) mass is 368 g/mol. The smallest absolute Gasteiger partial charge is 0.210 e. The van der Waals surface area contributed by atoms with Crippen molar-refractivity contribution < 1.29 is 17.9 Å². The fourth-order valence-electron chi connectivity index (χ4n) is 1.91. The van der Waals surface area contributed by atoms with E-state index in [0.29, 0.717) is 23.4 Å². The quantitative estimate of drug-likeness (QED) is 0.761. The summed E-state index contributed by atoms with van der Waals surface area (Å²) in [6.45, 7) is 1.01. The van der Waals surface area contributed by atoms with E-state index in [1.165, 1.54) is 0 Å². The van der Waals surface area contributed by atoms with Gasteiger partial charge in [0.1, 0.15) is 17.6 Å². The van der Waals surface area contributed by atoms with Crippen LogP contribution in [0.1, 0.15) is 0 Å². The van der Waals surface area contributed by atoms with Gasteiger partial charge in [-0.25, -0.2) is 8.42 Å². The summed E-state index contributed by atoms with van der Waals surface area (Å²) in [7, 11) is -3.62. The van der Waals surface area contributed by atoms with Gasteiger partial charge in [-0.05, 0) is 40.2 Å². The van der Waals surface area contributed by atoms with Gasteiger partial charge >= 0.3 is 0 Å². The van der Waals surface area contributed by atoms with Crippen molar-refractivity contribution in [3.05, 3.63) is 53.0 Å². The number of para-hydroxylation sites is 1. The van der Waals surface area contributed by atoms with E-state index >= 15 is 0 Å². The average molecular weight is 369 g/mol. The molecular formula is C15H13BrO4S. The van der Waals surface area contributed by atoms with Gasteiger partial charge in [0.05, 0.1) is 16.0 Å². The maximum Gasteiger partial charge on any atom is 0.210 e. The molecule has 2 aromatic carbocycles.